The fourth-order valence-corrected chi connectivity index (χ4v) is 3.43. The topological polar surface area (TPSA) is 49.4 Å². The first-order valence-corrected chi connectivity index (χ1v) is 8.51. The smallest absolute Gasteiger partial charge is 0.278 e. The Balaban J connectivity index is 2.09. The van der Waals surface area contributed by atoms with E-state index in [1.54, 1.807) is 6.08 Å². The van der Waals surface area contributed by atoms with Gasteiger partial charge in [-0.25, -0.2) is 0 Å². The molecule has 0 saturated heterocycles. The van der Waals surface area contributed by atoms with Crippen LogP contribution in [0.4, 0.5) is 5.69 Å². The molecule has 5 heteroatoms. The van der Waals surface area contributed by atoms with Gasteiger partial charge in [0.05, 0.1) is 5.57 Å². The number of benzene rings is 1. The number of carbonyl (C=O) groups excluding carboxylic acids is 2. The number of anilines is 1. The number of hydrogen-bond acceptors (Lipinski definition) is 4. The third-order valence-electron chi connectivity index (χ3n) is 4.11. The van der Waals surface area contributed by atoms with E-state index < -0.39 is 0 Å². The zero-order chi connectivity index (χ0) is 17.3. The number of thiophene rings is 1. The van der Waals surface area contributed by atoms with Gasteiger partial charge in [0.25, 0.3) is 11.8 Å². The number of amides is 2. The summed E-state index contributed by atoms with van der Waals surface area (Å²) in [6.45, 7) is 7.84. The van der Waals surface area contributed by atoms with Gasteiger partial charge in [-0.3, -0.25) is 14.5 Å². The second-order valence-corrected chi connectivity index (χ2v) is 6.56. The van der Waals surface area contributed by atoms with Crippen LogP contribution in [0.5, 0.6) is 0 Å². The lowest BCUT2D eigenvalue weighted by Gasteiger charge is -2.14. The molecule has 0 bridgehead atoms. The largest absolute Gasteiger partial charge is 0.350 e. The average molecular weight is 338 g/mol. The maximum atomic E-state index is 12.8. The van der Waals surface area contributed by atoms with Crippen molar-refractivity contribution in [1.29, 1.82) is 0 Å². The van der Waals surface area contributed by atoms with Crippen molar-refractivity contribution in [3.05, 3.63) is 70.1 Å². The number of hydrogen-bond donors (Lipinski definition) is 1. The molecule has 0 radical (unpaired) electrons. The van der Waals surface area contributed by atoms with Crippen molar-refractivity contribution in [2.45, 2.75) is 13.8 Å². The average Bonchev–Trinajstić information content (AvgIpc) is 3.15. The van der Waals surface area contributed by atoms with Gasteiger partial charge in [0.1, 0.15) is 5.70 Å². The lowest BCUT2D eigenvalue weighted by atomic mass is 10.1. The molecule has 1 aliphatic rings. The van der Waals surface area contributed by atoms with E-state index in [0.717, 1.165) is 21.7 Å². The van der Waals surface area contributed by atoms with Crippen LogP contribution >= 0.6 is 11.3 Å². The van der Waals surface area contributed by atoms with Crippen molar-refractivity contribution < 1.29 is 9.59 Å². The Labute approximate surface area is 145 Å². The SMILES string of the molecule is C=CCN1C(=O)C(Nc2cccc(C)c2C)=C(c2cccs2)C1=O. The van der Waals surface area contributed by atoms with Gasteiger partial charge in [-0.05, 0) is 42.5 Å². The quantitative estimate of drug-likeness (QED) is 0.667. The third-order valence-corrected chi connectivity index (χ3v) is 5.00. The van der Waals surface area contributed by atoms with Crippen LogP contribution in [0, 0.1) is 13.8 Å². The second-order valence-electron chi connectivity index (χ2n) is 5.61. The summed E-state index contributed by atoms with van der Waals surface area (Å²) in [5, 5.41) is 5.09. The van der Waals surface area contributed by atoms with Gasteiger partial charge >= 0.3 is 0 Å². The molecule has 3 rings (SSSR count). The number of nitrogens with zero attached hydrogens (tertiary/aromatic N) is 1. The van der Waals surface area contributed by atoms with Gasteiger partial charge in [-0.2, -0.15) is 0 Å². The van der Waals surface area contributed by atoms with E-state index in [9.17, 15) is 9.59 Å². The van der Waals surface area contributed by atoms with Crippen LogP contribution in [0.15, 0.2) is 54.1 Å². The summed E-state index contributed by atoms with van der Waals surface area (Å²) in [6, 6.07) is 9.58. The van der Waals surface area contributed by atoms with Gasteiger partial charge in [0.15, 0.2) is 0 Å². The van der Waals surface area contributed by atoms with E-state index in [-0.39, 0.29) is 18.4 Å². The molecule has 1 aromatic carbocycles. The highest BCUT2D eigenvalue weighted by Gasteiger charge is 2.39. The second kappa shape index (κ2) is 6.45. The van der Waals surface area contributed by atoms with Gasteiger partial charge < -0.3 is 5.32 Å². The van der Waals surface area contributed by atoms with E-state index in [2.05, 4.69) is 11.9 Å². The van der Waals surface area contributed by atoms with Crippen molar-refractivity contribution in [3.8, 4) is 0 Å². The van der Waals surface area contributed by atoms with Crippen molar-refractivity contribution in [2.75, 3.05) is 11.9 Å². The Morgan fingerprint density at radius 2 is 1.96 bits per heavy atom. The molecule has 0 spiro atoms. The highest BCUT2D eigenvalue weighted by molar-refractivity contribution is 7.11. The highest BCUT2D eigenvalue weighted by atomic mass is 32.1. The molecule has 1 N–H and O–H groups in total. The Hall–Kier alpha value is -2.66. The summed E-state index contributed by atoms with van der Waals surface area (Å²) in [5.41, 5.74) is 3.77. The Morgan fingerprint density at radius 1 is 1.17 bits per heavy atom. The minimum Gasteiger partial charge on any atom is -0.350 e. The fourth-order valence-electron chi connectivity index (χ4n) is 2.66. The van der Waals surface area contributed by atoms with Gasteiger partial charge in [-0.15, -0.1) is 17.9 Å². The molecule has 2 aromatic rings. The Kier molecular flexibility index (Phi) is 4.36. The summed E-state index contributed by atoms with van der Waals surface area (Å²) in [4.78, 5) is 27.5. The first-order valence-electron chi connectivity index (χ1n) is 7.63. The number of rotatable bonds is 5. The zero-order valence-corrected chi connectivity index (χ0v) is 14.4. The number of aryl methyl sites for hydroxylation is 1. The molecule has 1 aliphatic heterocycles. The minimum atomic E-state index is -0.316. The van der Waals surface area contributed by atoms with Crippen molar-refractivity contribution in [3.63, 3.8) is 0 Å². The van der Waals surface area contributed by atoms with E-state index in [4.69, 9.17) is 0 Å². The Bertz CT molecular complexity index is 850. The van der Waals surface area contributed by atoms with Crippen LogP contribution in [-0.4, -0.2) is 23.3 Å². The zero-order valence-electron chi connectivity index (χ0n) is 13.6. The fraction of sp³-hybridized carbons (Fsp3) is 0.158. The normalized spacial score (nSPS) is 14.5. The monoisotopic (exact) mass is 338 g/mol. The van der Waals surface area contributed by atoms with Crippen LogP contribution in [0.25, 0.3) is 5.57 Å². The van der Waals surface area contributed by atoms with Crippen molar-refractivity contribution >= 4 is 34.4 Å². The van der Waals surface area contributed by atoms with E-state index in [0.29, 0.717) is 11.3 Å². The molecule has 122 valence electrons. The highest BCUT2D eigenvalue weighted by Crippen LogP contribution is 2.33. The molecule has 2 heterocycles. The van der Waals surface area contributed by atoms with E-state index >= 15 is 0 Å². The summed E-state index contributed by atoms with van der Waals surface area (Å²) < 4.78 is 0. The molecule has 0 aliphatic carbocycles. The molecule has 2 amide bonds. The van der Waals surface area contributed by atoms with E-state index in [1.807, 2.05) is 49.6 Å². The summed E-state index contributed by atoms with van der Waals surface area (Å²) in [6.07, 6.45) is 1.56. The lowest BCUT2D eigenvalue weighted by molar-refractivity contribution is -0.136. The minimum absolute atomic E-state index is 0.199. The van der Waals surface area contributed by atoms with Crippen LogP contribution in [0.3, 0.4) is 0 Å². The van der Waals surface area contributed by atoms with Crippen LogP contribution in [-0.2, 0) is 9.59 Å². The first kappa shape index (κ1) is 16.2. The molecule has 24 heavy (non-hydrogen) atoms. The lowest BCUT2D eigenvalue weighted by Crippen LogP contribution is -2.32. The molecule has 4 nitrogen and oxygen atoms in total. The molecule has 0 fully saturated rings. The standard InChI is InChI=1S/C19H18N2O2S/c1-4-10-21-18(22)16(15-9-6-11-24-15)17(19(21)23)20-14-8-5-7-12(2)13(14)3/h4-9,11,20H,1,10H2,2-3H3. The van der Waals surface area contributed by atoms with Gasteiger partial charge in [0.2, 0.25) is 0 Å². The van der Waals surface area contributed by atoms with Gasteiger partial charge in [0, 0.05) is 17.1 Å². The number of imide groups is 1. The summed E-state index contributed by atoms with van der Waals surface area (Å²) >= 11 is 1.44. The first-order chi connectivity index (χ1) is 11.5. The number of nitrogens with one attached hydrogen (secondary N) is 1. The van der Waals surface area contributed by atoms with Crippen molar-refractivity contribution in [2.24, 2.45) is 0 Å². The predicted octanol–water partition coefficient (Wildman–Crippen LogP) is 3.74. The van der Waals surface area contributed by atoms with Crippen LogP contribution < -0.4 is 5.32 Å². The van der Waals surface area contributed by atoms with E-state index in [1.165, 1.54) is 16.2 Å². The van der Waals surface area contributed by atoms with Crippen LogP contribution in [0.2, 0.25) is 0 Å². The summed E-state index contributed by atoms with van der Waals surface area (Å²) in [5.74, 6) is -0.598. The third kappa shape index (κ3) is 2.67. The van der Waals surface area contributed by atoms with Crippen molar-refractivity contribution in [1.82, 2.24) is 4.90 Å². The summed E-state index contributed by atoms with van der Waals surface area (Å²) in [7, 11) is 0. The molecule has 0 atom stereocenters. The molecule has 0 unspecified atom stereocenters. The predicted molar refractivity (Wildman–Crippen MR) is 97.7 cm³/mol. The van der Waals surface area contributed by atoms with Gasteiger partial charge in [-0.1, -0.05) is 24.3 Å². The molecule has 0 saturated carbocycles. The maximum Gasteiger partial charge on any atom is 0.278 e. The van der Waals surface area contributed by atoms with Crippen LogP contribution in [0.1, 0.15) is 16.0 Å². The molecule has 1 aromatic heterocycles. The molecular weight excluding hydrogens is 320 g/mol. The maximum absolute atomic E-state index is 12.8. The molecular formula is C19H18N2O2S. The Morgan fingerprint density at radius 3 is 2.62 bits per heavy atom. The number of carbonyl (C=O) groups is 2.